The van der Waals surface area contributed by atoms with Crippen LogP contribution >= 0.6 is 24.8 Å². The third kappa shape index (κ3) is 15.9. The molecule has 0 bridgehead atoms. The zero-order valence-electron chi connectivity index (χ0n) is 44.4. The number of aryl methyl sites for hydroxylation is 3. The third-order valence-electron chi connectivity index (χ3n) is 12.2. The van der Waals surface area contributed by atoms with Crippen molar-refractivity contribution in [2.45, 2.75) is 71.0 Å². The van der Waals surface area contributed by atoms with Crippen molar-refractivity contribution < 1.29 is 36.5 Å². The molecule has 1 amide bonds. The molecule has 3 aromatic heterocycles. The fourth-order valence-electron chi connectivity index (χ4n) is 7.94. The molecule has 9 rings (SSSR count). The van der Waals surface area contributed by atoms with Gasteiger partial charge in [-0.3, -0.25) is 23.6 Å². The van der Waals surface area contributed by atoms with Crippen molar-refractivity contribution in [3.63, 3.8) is 0 Å². The monoisotopic (exact) mass is 1110 g/mol. The molecule has 4 unspecified atom stereocenters. The molecule has 0 radical (unpaired) electrons. The smallest absolute Gasteiger partial charge is 0.338 e. The topological polar surface area (TPSA) is 172 Å². The van der Waals surface area contributed by atoms with Crippen molar-refractivity contribution in [3.8, 4) is 33.4 Å². The second-order valence-corrected chi connectivity index (χ2v) is 20.9. The molecular formula is C57H64Cl2F3N9O5S. The molecule has 1 aliphatic heterocycles. The first-order chi connectivity index (χ1) is 35.6. The van der Waals surface area contributed by atoms with Crippen molar-refractivity contribution in [2.24, 2.45) is 26.9 Å². The molecule has 77 heavy (non-hydrogen) atoms. The van der Waals surface area contributed by atoms with E-state index in [-0.39, 0.29) is 71.0 Å². The minimum atomic E-state index is -1.24. The largest absolute Gasteiger partial charge is 0.465 e. The average Bonchev–Trinajstić information content (AvgIpc) is 4.21. The first kappa shape index (κ1) is 62.3. The minimum Gasteiger partial charge on any atom is -0.465 e. The quantitative estimate of drug-likeness (QED) is 0.0944. The van der Waals surface area contributed by atoms with Crippen LogP contribution in [-0.4, -0.2) is 68.5 Å². The van der Waals surface area contributed by atoms with Crippen LogP contribution in [0.5, 0.6) is 0 Å². The summed E-state index contributed by atoms with van der Waals surface area (Å²) in [6, 6.07) is 28.4. The van der Waals surface area contributed by atoms with Crippen LogP contribution in [0.3, 0.4) is 0 Å². The Morgan fingerprint density at radius 2 is 1.13 bits per heavy atom. The molecular weight excluding hydrogens is 1050 g/mol. The summed E-state index contributed by atoms with van der Waals surface area (Å²) in [5.74, 6) is -1.42. The highest BCUT2D eigenvalue weighted by Crippen LogP contribution is 2.34. The Bertz CT molecular complexity index is 3320. The molecule has 20 heteroatoms. The van der Waals surface area contributed by atoms with E-state index in [9.17, 15) is 31.8 Å². The fourth-order valence-corrected chi connectivity index (χ4v) is 8.75. The van der Waals surface area contributed by atoms with Crippen molar-refractivity contribution in [2.75, 3.05) is 7.11 Å². The summed E-state index contributed by atoms with van der Waals surface area (Å²) in [7, 11) is 5.51. The third-order valence-corrected chi connectivity index (χ3v) is 13.9. The van der Waals surface area contributed by atoms with Crippen LogP contribution in [0.4, 0.5) is 13.2 Å². The first-order valence-electron chi connectivity index (χ1n) is 23.9. The minimum absolute atomic E-state index is 0. The Kier molecular flexibility index (Phi) is 22.4. The maximum Gasteiger partial charge on any atom is 0.338 e. The molecule has 0 saturated carbocycles. The summed E-state index contributed by atoms with van der Waals surface area (Å²) in [5.41, 5.74) is 14.6. The number of ether oxygens (including phenoxy) is 1. The van der Waals surface area contributed by atoms with Gasteiger partial charge in [0.1, 0.15) is 17.5 Å². The summed E-state index contributed by atoms with van der Waals surface area (Å²) in [6.07, 6.45) is 11.3. The van der Waals surface area contributed by atoms with Gasteiger partial charge in [-0.25, -0.2) is 26.9 Å². The zero-order chi connectivity index (χ0) is 54.7. The molecule has 0 spiro atoms. The molecule has 5 aromatic carbocycles. The number of hydrogen-bond donors (Lipinski definition) is 2. The van der Waals surface area contributed by atoms with Crippen LogP contribution < -0.4 is 10.5 Å². The SMILES string of the molecule is CC(N)c1ccc(-c2cnn(C)c2)cc1F.CC(NS(=O)C(C)(C)C)c1ccc(-c2cnn(C)c2)cc1F.CC(c1ccc(-c2cnn(C)c2)cc1F)N1Cc2ccccc2C1=O.COC(=O)c1ccccc1C=O.Cl.Cl. The van der Waals surface area contributed by atoms with Gasteiger partial charge in [-0.05, 0) is 94.1 Å². The lowest BCUT2D eigenvalue weighted by Gasteiger charge is -2.25. The summed E-state index contributed by atoms with van der Waals surface area (Å²) in [5, 5.41) is 12.3. The summed E-state index contributed by atoms with van der Waals surface area (Å²) >= 11 is 0. The maximum absolute atomic E-state index is 14.7. The van der Waals surface area contributed by atoms with E-state index >= 15 is 0 Å². The van der Waals surface area contributed by atoms with Crippen LogP contribution in [0.2, 0.25) is 0 Å². The summed E-state index contributed by atoms with van der Waals surface area (Å²) < 4.78 is 67.0. The van der Waals surface area contributed by atoms with Gasteiger partial charge in [0.25, 0.3) is 5.91 Å². The van der Waals surface area contributed by atoms with E-state index in [2.05, 4.69) is 24.8 Å². The van der Waals surface area contributed by atoms with Gasteiger partial charge in [0.15, 0.2) is 6.29 Å². The van der Waals surface area contributed by atoms with Crippen molar-refractivity contribution in [3.05, 3.63) is 197 Å². The number of carbonyl (C=O) groups is 3. The standard InChI is InChI=1S/C20H18FN3O.C16H22FN3OS.C12H14FN3.C9H8O3.2ClH/c1-13(24-12-15-5-3-4-6-18(15)20(24)25)17-8-7-14(9-19(17)21)16-10-22-23(2)11-16;1-11(19-22(21)16(2,3)4)14-7-6-12(8-15(14)17)13-9-18-20(5)10-13;1-8(14)11-4-3-9(5-12(11)13)10-6-15-16(2)7-10;1-12-9(11)8-5-3-2-4-7(8)6-10;;/h3-11,13H,12H2,1-2H3;6-11,19H,1-5H3;3-8H,14H2,1-2H3;2-6H,1H3;2*1H. The number of aromatic nitrogens is 6. The van der Waals surface area contributed by atoms with E-state index < -0.39 is 17.0 Å². The summed E-state index contributed by atoms with van der Waals surface area (Å²) in [6.45, 7) is 11.6. The number of halogens is 5. The van der Waals surface area contributed by atoms with Crippen molar-refractivity contribution >= 4 is 54.0 Å². The number of esters is 1. The van der Waals surface area contributed by atoms with Gasteiger partial charge in [-0.1, -0.05) is 72.8 Å². The fraction of sp³-hybridized carbons (Fsp3) is 0.263. The van der Waals surface area contributed by atoms with E-state index in [1.807, 2.05) is 117 Å². The number of aldehydes is 1. The highest BCUT2D eigenvalue weighted by atomic mass is 35.5. The van der Waals surface area contributed by atoms with Gasteiger partial charge < -0.3 is 15.4 Å². The Morgan fingerprint density at radius 3 is 1.53 bits per heavy atom. The lowest BCUT2D eigenvalue weighted by molar-refractivity contribution is 0.0597. The number of nitrogens with zero attached hydrogens (tertiary/aromatic N) is 7. The molecule has 4 atom stereocenters. The van der Waals surface area contributed by atoms with E-state index in [4.69, 9.17) is 5.73 Å². The Morgan fingerprint density at radius 1 is 0.688 bits per heavy atom. The van der Waals surface area contributed by atoms with E-state index in [0.29, 0.717) is 46.2 Å². The number of fused-ring (bicyclic) bond motifs is 1. The summed E-state index contributed by atoms with van der Waals surface area (Å²) in [4.78, 5) is 35.8. The molecule has 1 aliphatic rings. The first-order valence-corrected chi connectivity index (χ1v) is 25.1. The van der Waals surface area contributed by atoms with Gasteiger partial charge in [0.2, 0.25) is 0 Å². The van der Waals surface area contributed by atoms with Crippen LogP contribution in [-0.2, 0) is 43.4 Å². The van der Waals surface area contributed by atoms with Gasteiger partial charge in [-0.2, -0.15) is 15.3 Å². The molecule has 0 aliphatic carbocycles. The second-order valence-electron chi connectivity index (χ2n) is 18.9. The molecule has 408 valence electrons. The second kappa shape index (κ2) is 27.7. The molecule has 0 fully saturated rings. The average molecular weight is 1120 g/mol. The number of hydrogen-bond acceptors (Lipinski definition) is 9. The van der Waals surface area contributed by atoms with E-state index in [1.165, 1.54) is 25.3 Å². The predicted molar refractivity (Wildman–Crippen MR) is 300 cm³/mol. The number of benzene rings is 5. The highest BCUT2D eigenvalue weighted by Gasteiger charge is 2.32. The van der Waals surface area contributed by atoms with Gasteiger partial charge in [0, 0.05) is 103 Å². The van der Waals surface area contributed by atoms with Crippen LogP contribution in [0.1, 0.15) is 113 Å². The predicted octanol–water partition coefficient (Wildman–Crippen LogP) is 11.7. The molecule has 4 heterocycles. The Hall–Kier alpha value is -7.22. The van der Waals surface area contributed by atoms with E-state index in [1.54, 1.807) is 86.9 Å². The van der Waals surface area contributed by atoms with Gasteiger partial charge in [0.05, 0.1) is 53.0 Å². The number of methoxy groups -OCH3 is 1. The van der Waals surface area contributed by atoms with Crippen LogP contribution in [0.15, 0.2) is 140 Å². The Balaban J connectivity index is 0.000000227. The van der Waals surface area contributed by atoms with Crippen molar-refractivity contribution in [1.82, 2.24) is 39.0 Å². The van der Waals surface area contributed by atoms with Crippen LogP contribution in [0, 0.1) is 17.5 Å². The number of amides is 1. The normalized spacial score (nSPS) is 13.1. The zero-order valence-corrected chi connectivity index (χ0v) is 46.9. The molecule has 14 nitrogen and oxygen atoms in total. The number of carbonyl (C=O) groups excluding carboxylic acids is 3. The van der Waals surface area contributed by atoms with Gasteiger partial charge in [-0.15, -0.1) is 24.8 Å². The van der Waals surface area contributed by atoms with E-state index in [0.717, 1.165) is 38.9 Å². The Labute approximate surface area is 462 Å². The van der Waals surface area contributed by atoms with Crippen molar-refractivity contribution in [1.29, 1.82) is 0 Å². The van der Waals surface area contributed by atoms with Crippen LogP contribution in [0.25, 0.3) is 33.4 Å². The highest BCUT2D eigenvalue weighted by molar-refractivity contribution is 7.84. The number of rotatable bonds is 11. The maximum atomic E-state index is 14.7. The van der Waals surface area contributed by atoms with Gasteiger partial charge >= 0.3 is 5.97 Å². The lowest BCUT2D eigenvalue weighted by atomic mass is 10.0. The number of nitrogens with one attached hydrogen (secondary N) is 1. The lowest BCUT2D eigenvalue weighted by Crippen LogP contribution is -2.35. The molecule has 3 N–H and O–H groups in total. The number of nitrogens with two attached hydrogens (primary N) is 1. The molecule has 8 aromatic rings. The molecule has 0 saturated heterocycles.